The normalized spacial score (nSPS) is 14.7. The standard InChI is InChI=1S/C25H26N6O4/c32-24(25(33)28-21-10-4-5-11-22(21)31(34)35)27-18-23(19-7-6-12-26-17-19)30-15-13-29(14-16-30)20-8-2-1-3-9-20/h1-12,17,23H,13-16,18H2,(H,27,32)(H,28,33)/t23-/m1/s1. The van der Waals surface area contributed by atoms with E-state index in [0.717, 1.165) is 31.7 Å². The molecule has 0 aliphatic carbocycles. The zero-order valence-corrected chi connectivity index (χ0v) is 19.0. The molecule has 10 heteroatoms. The van der Waals surface area contributed by atoms with E-state index in [-0.39, 0.29) is 24.0 Å². The second kappa shape index (κ2) is 11.2. The molecule has 10 nitrogen and oxygen atoms in total. The average Bonchev–Trinajstić information content (AvgIpc) is 2.90. The number of anilines is 2. The van der Waals surface area contributed by atoms with Gasteiger partial charge in [0, 0.05) is 56.9 Å². The van der Waals surface area contributed by atoms with Crippen LogP contribution >= 0.6 is 0 Å². The maximum absolute atomic E-state index is 12.5. The van der Waals surface area contributed by atoms with Crippen LogP contribution in [-0.2, 0) is 9.59 Å². The molecule has 2 amide bonds. The smallest absolute Gasteiger partial charge is 0.313 e. The first-order chi connectivity index (χ1) is 17.0. The lowest BCUT2D eigenvalue weighted by molar-refractivity contribution is -0.383. The third-order valence-corrected chi connectivity index (χ3v) is 5.96. The fraction of sp³-hybridized carbons (Fsp3) is 0.240. The van der Waals surface area contributed by atoms with Crippen LogP contribution in [0.5, 0.6) is 0 Å². The lowest BCUT2D eigenvalue weighted by Gasteiger charge is -2.40. The number of hydrogen-bond acceptors (Lipinski definition) is 7. The molecule has 0 radical (unpaired) electrons. The molecular weight excluding hydrogens is 448 g/mol. The third kappa shape index (κ3) is 5.98. The van der Waals surface area contributed by atoms with Crippen molar-refractivity contribution in [1.82, 2.24) is 15.2 Å². The van der Waals surface area contributed by atoms with Gasteiger partial charge in [-0.25, -0.2) is 0 Å². The van der Waals surface area contributed by atoms with E-state index >= 15 is 0 Å². The first-order valence-electron chi connectivity index (χ1n) is 11.3. The van der Waals surface area contributed by atoms with Crippen LogP contribution in [0.25, 0.3) is 0 Å². The summed E-state index contributed by atoms with van der Waals surface area (Å²) in [6.45, 7) is 3.39. The quantitative estimate of drug-likeness (QED) is 0.307. The number of nitrogens with zero attached hydrogens (tertiary/aromatic N) is 4. The van der Waals surface area contributed by atoms with Gasteiger partial charge in [0.15, 0.2) is 0 Å². The molecule has 1 aliphatic rings. The minimum absolute atomic E-state index is 0.0292. The average molecular weight is 475 g/mol. The highest BCUT2D eigenvalue weighted by Crippen LogP contribution is 2.24. The number of carbonyl (C=O) groups is 2. The van der Waals surface area contributed by atoms with Gasteiger partial charge in [0.1, 0.15) is 5.69 Å². The molecule has 35 heavy (non-hydrogen) atoms. The van der Waals surface area contributed by atoms with Crippen LogP contribution in [0, 0.1) is 10.1 Å². The SMILES string of the molecule is O=C(NC[C@H](c1cccnc1)N1CCN(c2ccccc2)CC1)C(=O)Nc1ccccc1[N+](=O)[O-]. The lowest BCUT2D eigenvalue weighted by Crippen LogP contribution is -2.50. The zero-order chi connectivity index (χ0) is 24.6. The Labute approximate surface area is 202 Å². The first-order valence-corrected chi connectivity index (χ1v) is 11.3. The fourth-order valence-electron chi connectivity index (χ4n) is 4.15. The highest BCUT2D eigenvalue weighted by molar-refractivity contribution is 6.39. The van der Waals surface area contributed by atoms with E-state index in [0.29, 0.717) is 0 Å². The van der Waals surface area contributed by atoms with Gasteiger partial charge < -0.3 is 15.5 Å². The summed E-state index contributed by atoms with van der Waals surface area (Å²) < 4.78 is 0. The number of piperazine rings is 1. The van der Waals surface area contributed by atoms with Crippen molar-refractivity contribution in [3.8, 4) is 0 Å². The summed E-state index contributed by atoms with van der Waals surface area (Å²) in [7, 11) is 0. The number of nitro benzene ring substituents is 1. The van der Waals surface area contributed by atoms with Crippen LogP contribution < -0.4 is 15.5 Å². The number of nitro groups is 1. The largest absolute Gasteiger partial charge is 0.369 e. The second-order valence-electron chi connectivity index (χ2n) is 8.10. The van der Waals surface area contributed by atoms with Crippen LogP contribution in [0.3, 0.4) is 0 Å². The van der Waals surface area contributed by atoms with Crippen molar-refractivity contribution in [3.05, 3.63) is 94.8 Å². The molecule has 2 N–H and O–H groups in total. The van der Waals surface area contributed by atoms with Crippen molar-refractivity contribution in [2.45, 2.75) is 6.04 Å². The summed E-state index contributed by atoms with van der Waals surface area (Å²) in [5.74, 6) is -1.82. The topological polar surface area (TPSA) is 121 Å². The minimum Gasteiger partial charge on any atom is -0.369 e. The highest BCUT2D eigenvalue weighted by Gasteiger charge is 2.27. The van der Waals surface area contributed by atoms with Crippen molar-refractivity contribution in [2.24, 2.45) is 0 Å². The van der Waals surface area contributed by atoms with Gasteiger partial charge in [0.05, 0.1) is 11.0 Å². The number of amides is 2. The first kappa shape index (κ1) is 23.8. The molecule has 1 saturated heterocycles. The van der Waals surface area contributed by atoms with Crippen LogP contribution in [0.2, 0.25) is 0 Å². The molecule has 0 bridgehead atoms. The van der Waals surface area contributed by atoms with Gasteiger partial charge in [0.2, 0.25) is 0 Å². The number of rotatable bonds is 7. The molecule has 2 aromatic carbocycles. The number of carbonyl (C=O) groups excluding carboxylic acids is 2. The monoisotopic (exact) mass is 474 g/mol. The lowest BCUT2D eigenvalue weighted by atomic mass is 10.1. The van der Waals surface area contributed by atoms with Gasteiger partial charge >= 0.3 is 11.8 Å². The molecule has 180 valence electrons. The molecule has 1 aliphatic heterocycles. The van der Waals surface area contributed by atoms with E-state index in [4.69, 9.17) is 0 Å². The van der Waals surface area contributed by atoms with Gasteiger partial charge in [0.25, 0.3) is 5.69 Å². The van der Waals surface area contributed by atoms with E-state index in [9.17, 15) is 19.7 Å². The van der Waals surface area contributed by atoms with Crippen molar-refractivity contribution < 1.29 is 14.5 Å². The molecule has 0 spiro atoms. The molecule has 3 aromatic rings. The summed E-state index contributed by atoms with van der Waals surface area (Å²) in [4.78, 5) is 44.3. The summed E-state index contributed by atoms with van der Waals surface area (Å²) in [6, 6.07) is 19.5. The van der Waals surface area contributed by atoms with Gasteiger partial charge in [-0.15, -0.1) is 0 Å². The summed E-state index contributed by atoms with van der Waals surface area (Å²) in [6.07, 6.45) is 3.44. The van der Waals surface area contributed by atoms with E-state index in [2.05, 4.69) is 37.6 Å². The third-order valence-electron chi connectivity index (χ3n) is 5.96. The Hall–Kier alpha value is -4.31. The van der Waals surface area contributed by atoms with Crippen LogP contribution in [0.15, 0.2) is 79.1 Å². The molecule has 1 aromatic heterocycles. The Bertz CT molecular complexity index is 1170. The van der Waals surface area contributed by atoms with Crippen molar-refractivity contribution >= 4 is 28.9 Å². The molecule has 1 fully saturated rings. The number of hydrogen-bond donors (Lipinski definition) is 2. The summed E-state index contributed by atoms with van der Waals surface area (Å²) in [5, 5.41) is 16.2. The summed E-state index contributed by atoms with van der Waals surface area (Å²) in [5.41, 5.74) is 1.79. The number of para-hydroxylation sites is 3. The predicted molar refractivity (Wildman–Crippen MR) is 132 cm³/mol. The second-order valence-corrected chi connectivity index (χ2v) is 8.10. The Morgan fingerprint density at radius 1 is 0.943 bits per heavy atom. The molecule has 0 unspecified atom stereocenters. The van der Waals surface area contributed by atoms with Crippen LogP contribution in [-0.4, -0.2) is 59.3 Å². The zero-order valence-electron chi connectivity index (χ0n) is 19.0. The van der Waals surface area contributed by atoms with Crippen molar-refractivity contribution in [1.29, 1.82) is 0 Å². The van der Waals surface area contributed by atoms with Crippen molar-refractivity contribution in [2.75, 3.05) is 42.9 Å². The Balaban J connectivity index is 1.40. The highest BCUT2D eigenvalue weighted by atomic mass is 16.6. The van der Waals surface area contributed by atoms with Crippen LogP contribution in [0.4, 0.5) is 17.1 Å². The number of benzene rings is 2. The fourth-order valence-corrected chi connectivity index (χ4v) is 4.15. The maximum atomic E-state index is 12.5. The molecule has 4 rings (SSSR count). The Kier molecular flexibility index (Phi) is 7.63. The van der Waals surface area contributed by atoms with Gasteiger partial charge in [-0.2, -0.15) is 0 Å². The van der Waals surface area contributed by atoms with E-state index < -0.39 is 16.7 Å². The molecular formula is C25H26N6O4. The van der Waals surface area contributed by atoms with Gasteiger partial charge in [-0.05, 0) is 29.8 Å². The minimum atomic E-state index is -0.960. The summed E-state index contributed by atoms with van der Waals surface area (Å²) >= 11 is 0. The molecule has 1 atom stereocenters. The van der Waals surface area contributed by atoms with E-state index in [1.165, 1.54) is 23.9 Å². The predicted octanol–water partition coefficient (Wildman–Crippen LogP) is 2.61. The molecule has 0 saturated carbocycles. The van der Waals surface area contributed by atoms with Gasteiger partial charge in [-0.3, -0.25) is 29.6 Å². The molecule has 2 heterocycles. The van der Waals surface area contributed by atoms with E-state index in [1.54, 1.807) is 18.5 Å². The Morgan fingerprint density at radius 2 is 1.66 bits per heavy atom. The van der Waals surface area contributed by atoms with E-state index in [1.807, 2.05) is 30.3 Å². The van der Waals surface area contributed by atoms with Crippen LogP contribution in [0.1, 0.15) is 11.6 Å². The maximum Gasteiger partial charge on any atom is 0.313 e. The number of aromatic nitrogens is 1. The number of pyridine rings is 1. The number of nitrogens with one attached hydrogen (secondary N) is 2. The van der Waals surface area contributed by atoms with Crippen molar-refractivity contribution in [3.63, 3.8) is 0 Å². The Morgan fingerprint density at radius 3 is 2.34 bits per heavy atom. The van der Waals surface area contributed by atoms with Gasteiger partial charge in [-0.1, -0.05) is 36.4 Å².